The van der Waals surface area contributed by atoms with E-state index < -0.39 is 0 Å². The minimum Gasteiger partial charge on any atom is -0.323 e. The number of halogens is 2. The van der Waals surface area contributed by atoms with E-state index in [1.54, 1.807) is 12.1 Å². The van der Waals surface area contributed by atoms with Crippen molar-refractivity contribution in [2.24, 2.45) is 5.73 Å². The summed E-state index contributed by atoms with van der Waals surface area (Å²) >= 11 is 3.05. The number of rotatable bonds is 2. The number of benzene rings is 1. The molecule has 1 atom stereocenters. The van der Waals surface area contributed by atoms with Crippen LogP contribution in [0, 0.1) is 17.1 Å². The van der Waals surface area contributed by atoms with Crippen LogP contribution in [0.15, 0.2) is 22.7 Å². The van der Waals surface area contributed by atoms with Crippen molar-refractivity contribution >= 4 is 15.9 Å². The summed E-state index contributed by atoms with van der Waals surface area (Å²) < 4.78 is 13.2. The van der Waals surface area contributed by atoms with Crippen LogP contribution >= 0.6 is 15.9 Å². The highest BCUT2D eigenvalue weighted by molar-refractivity contribution is 9.10. The van der Waals surface area contributed by atoms with Crippen molar-refractivity contribution in [1.82, 2.24) is 0 Å². The summed E-state index contributed by atoms with van der Waals surface area (Å²) in [6.07, 6.45) is 0.234. The molecular formula is C9H8BrFN2. The maximum absolute atomic E-state index is 12.8. The lowest BCUT2D eigenvalue weighted by Gasteiger charge is -2.07. The summed E-state index contributed by atoms with van der Waals surface area (Å²) in [5.41, 5.74) is 6.42. The molecule has 68 valence electrons. The molecule has 1 rings (SSSR count). The van der Waals surface area contributed by atoms with Gasteiger partial charge in [0.15, 0.2) is 0 Å². The van der Waals surface area contributed by atoms with Crippen LogP contribution in [0.2, 0.25) is 0 Å². The third-order valence-electron chi connectivity index (χ3n) is 1.68. The van der Waals surface area contributed by atoms with Gasteiger partial charge in [0.25, 0.3) is 0 Å². The first-order chi connectivity index (χ1) is 6.15. The largest absolute Gasteiger partial charge is 0.323 e. The Labute approximate surface area is 84.3 Å². The van der Waals surface area contributed by atoms with E-state index in [0.29, 0.717) is 4.47 Å². The first kappa shape index (κ1) is 10.2. The molecule has 0 aliphatic rings. The van der Waals surface area contributed by atoms with Crippen molar-refractivity contribution in [1.29, 1.82) is 5.26 Å². The van der Waals surface area contributed by atoms with Crippen molar-refractivity contribution in [2.45, 2.75) is 12.5 Å². The molecular weight excluding hydrogens is 235 g/mol. The van der Waals surface area contributed by atoms with E-state index in [1.807, 2.05) is 6.07 Å². The highest BCUT2D eigenvalue weighted by atomic mass is 79.9. The van der Waals surface area contributed by atoms with E-state index in [4.69, 9.17) is 11.0 Å². The molecule has 0 aliphatic carbocycles. The third kappa shape index (κ3) is 2.51. The van der Waals surface area contributed by atoms with Crippen LogP contribution in [0.1, 0.15) is 18.0 Å². The second-order valence-electron chi connectivity index (χ2n) is 2.64. The summed E-state index contributed by atoms with van der Waals surface area (Å²) in [6.45, 7) is 0. The van der Waals surface area contributed by atoms with Crippen LogP contribution in [0.4, 0.5) is 4.39 Å². The molecule has 2 nitrogen and oxygen atoms in total. The monoisotopic (exact) mass is 242 g/mol. The summed E-state index contributed by atoms with van der Waals surface area (Å²) in [5.74, 6) is -0.326. The number of hydrogen-bond donors (Lipinski definition) is 1. The van der Waals surface area contributed by atoms with Gasteiger partial charge in [0.05, 0.1) is 17.0 Å². The van der Waals surface area contributed by atoms with Gasteiger partial charge >= 0.3 is 0 Å². The Bertz CT molecular complexity index is 346. The molecule has 0 saturated heterocycles. The van der Waals surface area contributed by atoms with Gasteiger partial charge in [-0.05, 0) is 33.6 Å². The van der Waals surface area contributed by atoms with Gasteiger partial charge in [0.1, 0.15) is 5.82 Å². The van der Waals surface area contributed by atoms with Crippen molar-refractivity contribution in [2.75, 3.05) is 0 Å². The van der Waals surface area contributed by atoms with Crippen LogP contribution in [0.3, 0.4) is 0 Å². The Morgan fingerprint density at radius 1 is 1.62 bits per heavy atom. The average molecular weight is 243 g/mol. The molecule has 4 heteroatoms. The Morgan fingerprint density at radius 2 is 2.31 bits per heavy atom. The number of nitriles is 1. The van der Waals surface area contributed by atoms with E-state index in [9.17, 15) is 4.39 Å². The lowest BCUT2D eigenvalue weighted by atomic mass is 10.1. The number of nitrogens with zero attached hydrogens (tertiary/aromatic N) is 1. The van der Waals surface area contributed by atoms with Crippen LogP contribution < -0.4 is 5.73 Å². The van der Waals surface area contributed by atoms with Crippen LogP contribution in [0.25, 0.3) is 0 Å². The van der Waals surface area contributed by atoms with Crippen molar-refractivity contribution in [3.8, 4) is 6.07 Å². The molecule has 0 spiro atoms. The zero-order valence-corrected chi connectivity index (χ0v) is 8.38. The van der Waals surface area contributed by atoms with Gasteiger partial charge in [0, 0.05) is 6.04 Å². The van der Waals surface area contributed by atoms with Crippen LogP contribution in [-0.2, 0) is 0 Å². The molecule has 0 unspecified atom stereocenters. The van der Waals surface area contributed by atoms with Crippen LogP contribution in [0.5, 0.6) is 0 Å². The molecule has 2 N–H and O–H groups in total. The van der Waals surface area contributed by atoms with Gasteiger partial charge < -0.3 is 5.73 Å². The predicted octanol–water partition coefficient (Wildman–Crippen LogP) is 2.50. The van der Waals surface area contributed by atoms with Gasteiger partial charge in [-0.25, -0.2) is 4.39 Å². The second-order valence-corrected chi connectivity index (χ2v) is 3.50. The summed E-state index contributed by atoms with van der Waals surface area (Å²) in [6, 6.07) is 6.13. The SMILES string of the molecule is N#CC[C@H](N)c1ccc(F)c(Br)c1. The first-order valence-electron chi connectivity index (χ1n) is 3.72. The Hall–Kier alpha value is -0.920. The lowest BCUT2D eigenvalue weighted by molar-refractivity contribution is 0.618. The second kappa shape index (κ2) is 4.35. The van der Waals surface area contributed by atoms with Crippen molar-refractivity contribution < 1.29 is 4.39 Å². The average Bonchev–Trinajstić information content (AvgIpc) is 2.10. The molecule has 0 fully saturated rings. The number of hydrogen-bond acceptors (Lipinski definition) is 2. The van der Waals surface area contributed by atoms with E-state index >= 15 is 0 Å². The smallest absolute Gasteiger partial charge is 0.137 e. The quantitative estimate of drug-likeness (QED) is 0.867. The minimum absolute atomic E-state index is 0.234. The molecule has 0 aliphatic heterocycles. The van der Waals surface area contributed by atoms with Crippen molar-refractivity contribution in [3.63, 3.8) is 0 Å². The lowest BCUT2D eigenvalue weighted by Crippen LogP contribution is -2.09. The molecule has 0 radical (unpaired) electrons. The van der Waals surface area contributed by atoms with Gasteiger partial charge in [-0.1, -0.05) is 6.07 Å². The van der Waals surface area contributed by atoms with Crippen LogP contribution in [-0.4, -0.2) is 0 Å². The Balaban J connectivity index is 2.91. The van der Waals surface area contributed by atoms with E-state index in [0.717, 1.165) is 5.56 Å². The fourth-order valence-electron chi connectivity index (χ4n) is 0.959. The maximum atomic E-state index is 12.8. The van der Waals surface area contributed by atoms with Gasteiger partial charge in [0.2, 0.25) is 0 Å². The Kier molecular flexibility index (Phi) is 3.40. The zero-order chi connectivity index (χ0) is 9.84. The fourth-order valence-corrected chi connectivity index (χ4v) is 1.36. The molecule has 0 bridgehead atoms. The number of nitrogens with two attached hydrogens (primary N) is 1. The summed E-state index contributed by atoms with van der Waals surface area (Å²) in [4.78, 5) is 0. The molecule has 0 aromatic heterocycles. The Morgan fingerprint density at radius 3 is 2.85 bits per heavy atom. The highest BCUT2D eigenvalue weighted by Crippen LogP contribution is 2.21. The minimum atomic E-state index is -0.345. The normalized spacial score (nSPS) is 12.2. The fraction of sp³-hybridized carbons (Fsp3) is 0.222. The molecule has 0 saturated carbocycles. The molecule has 0 heterocycles. The first-order valence-corrected chi connectivity index (χ1v) is 4.52. The summed E-state index contributed by atoms with van der Waals surface area (Å²) in [7, 11) is 0. The zero-order valence-electron chi connectivity index (χ0n) is 6.80. The molecule has 1 aromatic rings. The van der Waals surface area contributed by atoms with Gasteiger partial charge in [-0.15, -0.1) is 0 Å². The molecule has 13 heavy (non-hydrogen) atoms. The van der Waals surface area contributed by atoms with E-state index in [1.165, 1.54) is 6.07 Å². The van der Waals surface area contributed by atoms with E-state index in [-0.39, 0.29) is 18.3 Å². The standard InChI is InChI=1S/C9H8BrFN2/c10-7-5-6(1-2-8(7)11)9(13)3-4-12/h1-2,5,9H,3,13H2/t9-/m0/s1. The topological polar surface area (TPSA) is 49.8 Å². The van der Waals surface area contributed by atoms with Crippen molar-refractivity contribution in [3.05, 3.63) is 34.1 Å². The molecule has 0 amide bonds. The maximum Gasteiger partial charge on any atom is 0.137 e. The van der Waals surface area contributed by atoms with E-state index in [2.05, 4.69) is 15.9 Å². The predicted molar refractivity (Wildman–Crippen MR) is 51.3 cm³/mol. The summed E-state index contributed by atoms with van der Waals surface area (Å²) in [5, 5.41) is 8.41. The van der Waals surface area contributed by atoms with Gasteiger partial charge in [-0.2, -0.15) is 5.26 Å². The van der Waals surface area contributed by atoms with Gasteiger partial charge in [-0.3, -0.25) is 0 Å². The third-order valence-corrected chi connectivity index (χ3v) is 2.29. The molecule has 1 aromatic carbocycles. The highest BCUT2D eigenvalue weighted by Gasteiger charge is 2.07.